The first kappa shape index (κ1) is 11.9. The van der Waals surface area contributed by atoms with Gasteiger partial charge in [0.1, 0.15) is 0 Å². The highest BCUT2D eigenvalue weighted by Crippen LogP contribution is 2.17. The Morgan fingerprint density at radius 3 is 2.53 bits per heavy atom. The highest BCUT2D eigenvalue weighted by molar-refractivity contribution is 5.51. The third-order valence-corrected chi connectivity index (χ3v) is 3.24. The lowest BCUT2D eigenvalue weighted by Crippen LogP contribution is -2.22. The van der Waals surface area contributed by atoms with Gasteiger partial charge in [-0.3, -0.25) is 9.89 Å². The largest absolute Gasteiger partial charge is 0.294 e. The first-order valence-corrected chi connectivity index (χ1v) is 6.08. The normalized spacial score (nSPS) is 11.6. The third-order valence-electron chi connectivity index (χ3n) is 3.24. The fraction of sp³-hybridized carbons (Fsp3) is 0.538. The Morgan fingerprint density at radius 1 is 1.35 bits per heavy atom. The monoisotopic (exact) mass is 233 g/mol. The van der Waals surface area contributed by atoms with Crippen molar-refractivity contribution < 1.29 is 0 Å². The first-order valence-electron chi connectivity index (χ1n) is 6.08. The number of hydrogen-bond donors (Lipinski definition) is 1. The van der Waals surface area contributed by atoms with E-state index in [0.717, 1.165) is 34.6 Å². The molecule has 0 saturated heterocycles. The number of aromatic nitrogens is 3. The van der Waals surface area contributed by atoms with Crippen LogP contribution in [0.2, 0.25) is 0 Å². The molecular weight excluding hydrogens is 214 g/mol. The van der Waals surface area contributed by atoms with Gasteiger partial charge in [0.15, 0.2) is 5.65 Å². The van der Waals surface area contributed by atoms with Crippen molar-refractivity contribution in [1.82, 2.24) is 14.6 Å². The van der Waals surface area contributed by atoms with Gasteiger partial charge in [-0.1, -0.05) is 20.8 Å². The molecule has 0 aliphatic rings. The van der Waals surface area contributed by atoms with E-state index in [4.69, 9.17) is 0 Å². The highest BCUT2D eigenvalue weighted by Gasteiger charge is 2.16. The van der Waals surface area contributed by atoms with Crippen LogP contribution in [0.3, 0.4) is 0 Å². The van der Waals surface area contributed by atoms with Crippen molar-refractivity contribution in [3.8, 4) is 0 Å². The molecule has 0 atom stereocenters. The van der Waals surface area contributed by atoms with Crippen LogP contribution >= 0.6 is 0 Å². The lowest BCUT2D eigenvalue weighted by Gasteiger charge is -2.08. The highest BCUT2D eigenvalue weighted by atomic mass is 16.1. The molecule has 0 amide bonds. The number of fused-ring (bicyclic) bond motifs is 1. The second kappa shape index (κ2) is 4.02. The third kappa shape index (κ3) is 1.68. The standard InChI is InChI=1S/C13H19N3O/c1-6-10-8(4)15-16-12(10)14-9(5)11(7(2)3)13(16)17/h7,15H,6H2,1-5H3. The van der Waals surface area contributed by atoms with Crippen molar-refractivity contribution >= 4 is 5.65 Å². The van der Waals surface area contributed by atoms with E-state index in [1.165, 1.54) is 0 Å². The minimum atomic E-state index is 0.0327. The van der Waals surface area contributed by atoms with Gasteiger partial charge in [-0.05, 0) is 26.2 Å². The van der Waals surface area contributed by atoms with Crippen molar-refractivity contribution in [1.29, 1.82) is 0 Å². The molecule has 2 heterocycles. The molecule has 0 saturated carbocycles. The Labute approximate surface area is 101 Å². The van der Waals surface area contributed by atoms with Gasteiger partial charge in [0.25, 0.3) is 5.56 Å². The van der Waals surface area contributed by atoms with Crippen LogP contribution in [0.5, 0.6) is 0 Å². The summed E-state index contributed by atoms with van der Waals surface area (Å²) in [6.45, 7) is 10.0. The Bertz CT molecular complexity index is 620. The first-order chi connectivity index (χ1) is 7.97. The summed E-state index contributed by atoms with van der Waals surface area (Å²) in [7, 11) is 0. The second-order valence-electron chi connectivity index (χ2n) is 4.80. The summed E-state index contributed by atoms with van der Waals surface area (Å²) in [5, 5.41) is 3.11. The molecular formula is C13H19N3O. The molecule has 0 spiro atoms. The molecule has 2 rings (SSSR count). The predicted molar refractivity (Wildman–Crippen MR) is 68.8 cm³/mol. The van der Waals surface area contributed by atoms with E-state index in [2.05, 4.69) is 17.0 Å². The van der Waals surface area contributed by atoms with Crippen molar-refractivity contribution in [2.75, 3.05) is 0 Å². The number of hydrogen-bond acceptors (Lipinski definition) is 2. The van der Waals surface area contributed by atoms with Crippen LogP contribution in [0.15, 0.2) is 4.79 Å². The van der Waals surface area contributed by atoms with E-state index in [9.17, 15) is 4.79 Å². The van der Waals surface area contributed by atoms with Gasteiger partial charge in [0.05, 0.1) is 0 Å². The number of aromatic amines is 1. The zero-order chi connectivity index (χ0) is 12.7. The smallest absolute Gasteiger partial charge is 0.276 e. The Morgan fingerprint density at radius 2 is 2.00 bits per heavy atom. The van der Waals surface area contributed by atoms with E-state index >= 15 is 0 Å². The number of nitrogens with zero attached hydrogens (tertiary/aromatic N) is 2. The van der Waals surface area contributed by atoms with Gasteiger partial charge >= 0.3 is 0 Å². The van der Waals surface area contributed by atoms with E-state index in [1.807, 2.05) is 27.7 Å². The zero-order valence-corrected chi connectivity index (χ0v) is 11.1. The molecule has 0 aliphatic heterocycles. The van der Waals surface area contributed by atoms with Crippen LogP contribution in [0.1, 0.15) is 49.2 Å². The van der Waals surface area contributed by atoms with Crippen LogP contribution in [-0.2, 0) is 6.42 Å². The van der Waals surface area contributed by atoms with Crippen LogP contribution < -0.4 is 5.56 Å². The number of nitrogens with one attached hydrogen (secondary N) is 1. The average molecular weight is 233 g/mol. The number of H-pyrrole nitrogens is 1. The molecule has 4 nitrogen and oxygen atoms in total. The molecule has 2 aromatic rings. The Hall–Kier alpha value is -1.58. The molecule has 2 aromatic heterocycles. The molecule has 0 aromatic carbocycles. The van der Waals surface area contributed by atoms with Gasteiger partial charge in [0, 0.05) is 22.5 Å². The summed E-state index contributed by atoms with van der Waals surface area (Å²) in [4.78, 5) is 16.9. The predicted octanol–water partition coefficient (Wildman–Crippen LogP) is 2.33. The maximum Gasteiger partial charge on any atom is 0.276 e. The minimum Gasteiger partial charge on any atom is -0.294 e. The van der Waals surface area contributed by atoms with Gasteiger partial charge in [-0.25, -0.2) is 9.50 Å². The Balaban J connectivity index is 2.91. The summed E-state index contributed by atoms with van der Waals surface area (Å²) in [5.41, 5.74) is 4.60. The van der Waals surface area contributed by atoms with Crippen molar-refractivity contribution in [3.63, 3.8) is 0 Å². The van der Waals surface area contributed by atoms with Gasteiger partial charge < -0.3 is 0 Å². The summed E-state index contributed by atoms with van der Waals surface area (Å²) in [6, 6.07) is 0. The number of aryl methyl sites for hydroxylation is 3. The molecule has 0 unspecified atom stereocenters. The van der Waals surface area contributed by atoms with Gasteiger partial charge in [0.2, 0.25) is 0 Å². The molecule has 0 aliphatic carbocycles. The molecule has 0 fully saturated rings. The summed E-state index contributed by atoms with van der Waals surface area (Å²) >= 11 is 0. The van der Waals surface area contributed by atoms with Crippen molar-refractivity contribution in [3.05, 3.63) is 32.9 Å². The quantitative estimate of drug-likeness (QED) is 0.865. The van der Waals surface area contributed by atoms with Gasteiger partial charge in [-0.2, -0.15) is 0 Å². The molecule has 92 valence electrons. The molecule has 4 heteroatoms. The van der Waals surface area contributed by atoms with Crippen LogP contribution in [-0.4, -0.2) is 14.6 Å². The van der Waals surface area contributed by atoms with Crippen LogP contribution in [0.4, 0.5) is 0 Å². The van der Waals surface area contributed by atoms with Crippen molar-refractivity contribution in [2.45, 2.75) is 47.0 Å². The minimum absolute atomic E-state index is 0.0327. The maximum atomic E-state index is 12.4. The topological polar surface area (TPSA) is 50.2 Å². The summed E-state index contributed by atoms with van der Waals surface area (Å²) in [5.74, 6) is 0.195. The second-order valence-corrected chi connectivity index (χ2v) is 4.80. The molecule has 17 heavy (non-hydrogen) atoms. The van der Waals surface area contributed by atoms with E-state index in [1.54, 1.807) is 4.52 Å². The maximum absolute atomic E-state index is 12.4. The molecule has 0 bridgehead atoms. The SMILES string of the molecule is CCc1c(C)[nH]n2c(=O)c(C(C)C)c(C)nc12. The zero-order valence-electron chi connectivity index (χ0n) is 11.1. The average Bonchev–Trinajstić information content (AvgIpc) is 2.54. The van der Waals surface area contributed by atoms with Crippen LogP contribution in [0.25, 0.3) is 5.65 Å². The lowest BCUT2D eigenvalue weighted by atomic mass is 10.0. The summed E-state index contributed by atoms with van der Waals surface area (Å²) in [6.07, 6.45) is 0.881. The van der Waals surface area contributed by atoms with E-state index in [-0.39, 0.29) is 11.5 Å². The van der Waals surface area contributed by atoms with Crippen molar-refractivity contribution in [2.24, 2.45) is 0 Å². The van der Waals surface area contributed by atoms with Crippen LogP contribution in [0, 0.1) is 13.8 Å². The molecule has 1 N–H and O–H groups in total. The van der Waals surface area contributed by atoms with E-state index in [0.29, 0.717) is 0 Å². The fourth-order valence-electron chi connectivity index (χ4n) is 2.44. The lowest BCUT2D eigenvalue weighted by molar-refractivity contribution is 0.776. The molecule has 0 radical (unpaired) electrons. The van der Waals surface area contributed by atoms with Gasteiger partial charge in [-0.15, -0.1) is 0 Å². The van der Waals surface area contributed by atoms with E-state index < -0.39 is 0 Å². The summed E-state index contributed by atoms with van der Waals surface area (Å²) < 4.78 is 1.58. The Kier molecular flexibility index (Phi) is 2.81. The number of rotatable bonds is 2. The fourth-order valence-corrected chi connectivity index (χ4v) is 2.44.